The number of aromatic nitrogens is 2. The fourth-order valence-corrected chi connectivity index (χ4v) is 8.86. The average Bonchev–Trinajstić information content (AvgIpc) is 3.20. The normalized spacial score (nSPS) is 19.9. The predicted octanol–water partition coefficient (Wildman–Crippen LogP) is 7.30. The van der Waals surface area contributed by atoms with Crippen LogP contribution in [0.4, 0.5) is 37.5 Å². The Hall–Kier alpha value is -4.81. The second-order valence-electron chi connectivity index (χ2n) is 14.6. The Bertz CT molecular complexity index is 2120. The number of benzene rings is 3. The lowest BCUT2D eigenvalue weighted by molar-refractivity contribution is 0.122. The lowest BCUT2D eigenvalue weighted by atomic mass is 9.99. The molecule has 3 aliphatic rings. The van der Waals surface area contributed by atoms with E-state index in [-0.39, 0.29) is 23.7 Å². The molecule has 0 aliphatic carbocycles. The molecule has 54 heavy (non-hydrogen) atoms. The van der Waals surface area contributed by atoms with E-state index in [0.717, 1.165) is 91.3 Å². The van der Waals surface area contributed by atoms with Gasteiger partial charge in [0.05, 0.1) is 19.1 Å². The van der Waals surface area contributed by atoms with Crippen LogP contribution in [-0.4, -0.2) is 90.9 Å². The van der Waals surface area contributed by atoms with Gasteiger partial charge in [-0.3, -0.25) is 4.21 Å². The Kier molecular flexibility index (Phi) is 10.9. The number of fused-ring (bicyclic) bond motifs is 1. The molecule has 0 bridgehead atoms. The van der Waals surface area contributed by atoms with Gasteiger partial charge in [0, 0.05) is 109 Å². The maximum Gasteiger partial charge on any atom is 0.131 e. The standard InChI is InChI=1S/C42H47F2N7O2S/c1-54(52)29-51(42-25-37(10-11-45-42)48-14-16-53-17-15-48)38-9-5-13-50(28-38)40-21-33(19-35(44)24-40)32-18-34(43)23-39(20-32)49-12-4-8-36(27-49)47-41-22-30-6-2-3-7-31(30)26-46-41/h2-3,6-7,10-11,18-26,36,38H,4-5,8-9,12-17,27-29H2,1H3,(H,46,47)/t36-,38+,54?/m1/s1. The van der Waals surface area contributed by atoms with E-state index in [1.165, 1.54) is 12.1 Å². The van der Waals surface area contributed by atoms with Crippen molar-refractivity contribution in [3.8, 4) is 11.1 Å². The minimum Gasteiger partial charge on any atom is -0.378 e. The molecule has 8 rings (SSSR count). The Morgan fingerprint density at radius 3 is 2.19 bits per heavy atom. The molecule has 3 atom stereocenters. The molecule has 0 spiro atoms. The van der Waals surface area contributed by atoms with Crippen molar-refractivity contribution in [3.05, 3.63) is 103 Å². The molecule has 5 heterocycles. The SMILES string of the molecule is CS(=O)CN(c1cc(N2CCOCC2)ccn1)[C@H]1CCCN(c2cc(F)cc(-c3cc(F)cc(N4CCC[C@@H](Nc5cc6ccccc6cn5)C4)c3)c2)C1. The molecule has 0 saturated carbocycles. The molecule has 3 saturated heterocycles. The molecule has 0 amide bonds. The lowest BCUT2D eigenvalue weighted by Crippen LogP contribution is -2.49. The topological polar surface area (TPSA) is 77.1 Å². The number of piperidine rings is 2. The Morgan fingerprint density at radius 1 is 0.778 bits per heavy atom. The first kappa shape index (κ1) is 36.2. The van der Waals surface area contributed by atoms with Gasteiger partial charge in [0.25, 0.3) is 0 Å². The highest BCUT2D eigenvalue weighted by Crippen LogP contribution is 2.34. The van der Waals surface area contributed by atoms with Crippen molar-refractivity contribution in [1.82, 2.24) is 9.97 Å². The predicted molar refractivity (Wildman–Crippen MR) is 216 cm³/mol. The first-order valence-electron chi connectivity index (χ1n) is 18.9. The van der Waals surface area contributed by atoms with Crippen molar-refractivity contribution >= 4 is 50.3 Å². The van der Waals surface area contributed by atoms with E-state index in [2.05, 4.69) is 54.2 Å². The van der Waals surface area contributed by atoms with Crippen LogP contribution in [0.1, 0.15) is 25.7 Å². The van der Waals surface area contributed by atoms with Crippen LogP contribution in [0.15, 0.2) is 91.3 Å². The summed E-state index contributed by atoms with van der Waals surface area (Å²) in [5.74, 6) is 1.25. The fourth-order valence-electron chi connectivity index (χ4n) is 8.13. The Balaban J connectivity index is 1.00. The van der Waals surface area contributed by atoms with Gasteiger partial charge in [-0.25, -0.2) is 18.7 Å². The number of anilines is 5. The molecule has 1 unspecified atom stereocenters. The maximum atomic E-state index is 15.5. The van der Waals surface area contributed by atoms with Crippen LogP contribution in [-0.2, 0) is 15.5 Å². The van der Waals surface area contributed by atoms with Crippen molar-refractivity contribution in [2.45, 2.75) is 37.8 Å². The first-order valence-corrected chi connectivity index (χ1v) is 20.7. The average molecular weight is 752 g/mol. The summed E-state index contributed by atoms with van der Waals surface area (Å²) in [6.07, 6.45) is 9.14. The van der Waals surface area contributed by atoms with Gasteiger partial charge in [0.15, 0.2) is 0 Å². The van der Waals surface area contributed by atoms with E-state index in [1.54, 1.807) is 18.4 Å². The van der Waals surface area contributed by atoms with Crippen LogP contribution >= 0.6 is 0 Å². The van der Waals surface area contributed by atoms with Gasteiger partial charge in [-0.2, -0.15) is 0 Å². The second-order valence-corrected chi connectivity index (χ2v) is 16.0. The zero-order valence-corrected chi connectivity index (χ0v) is 31.5. The number of hydrogen-bond donors (Lipinski definition) is 1. The fraction of sp³-hybridized carbons (Fsp3) is 0.381. The molecule has 9 nitrogen and oxygen atoms in total. The number of ether oxygens (including phenoxy) is 1. The molecule has 3 fully saturated rings. The van der Waals surface area contributed by atoms with Crippen molar-refractivity contribution in [3.63, 3.8) is 0 Å². The van der Waals surface area contributed by atoms with E-state index in [0.29, 0.717) is 43.3 Å². The molecule has 282 valence electrons. The third kappa shape index (κ3) is 8.44. The molecule has 5 aromatic rings. The van der Waals surface area contributed by atoms with Crippen molar-refractivity contribution in [1.29, 1.82) is 0 Å². The third-order valence-electron chi connectivity index (χ3n) is 10.8. The largest absolute Gasteiger partial charge is 0.378 e. The molecule has 3 aliphatic heterocycles. The minimum atomic E-state index is -1.10. The van der Waals surface area contributed by atoms with Gasteiger partial charge in [-0.15, -0.1) is 0 Å². The number of hydrogen-bond acceptors (Lipinski definition) is 9. The van der Waals surface area contributed by atoms with Crippen LogP contribution in [0.3, 0.4) is 0 Å². The quantitative estimate of drug-likeness (QED) is 0.158. The maximum absolute atomic E-state index is 15.5. The summed E-state index contributed by atoms with van der Waals surface area (Å²) in [4.78, 5) is 18.2. The third-order valence-corrected chi connectivity index (χ3v) is 11.4. The number of nitrogens with one attached hydrogen (secondary N) is 1. The number of pyridine rings is 2. The highest BCUT2D eigenvalue weighted by Gasteiger charge is 2.29. The monoisotopic (exact) mass is 751 g/mol. The molecule has 12 heteroatoms. The van der Waals surface area contributed by atoms with Crippen LogP contribution in [0.25, 0.3) is 21.9 Å². The number of morpholine rings is 1. The number of halogens is 2. The van der Waals surface area contributed by atoms with Crippen LogP contribution in [0, 0.1) is 11.6 Å². The van der Waals surface area contributed by atoms with Gasteiger partial charge in [0.1, 0.15) is 23.3 Å². The van der Waals surface area contributed by atoms with Crippen LogP contribution in [0.2, 0.25) is 0 Å². The summed E-state index contributed by atoms with van der Waals surface area (Å²) in [5.41, 5.74) is 3.87. The molecular formula is C42H47F2N7O2S. The summed E-state index contributed by atoms with van der Waals surface area (Å²) in [6.45, 7) is 5.88. The summed E-state index contributed by atoms with van der Waals surface area (Å²) in [6, 6.07) is 24.6. The summed E-state index contributed by atoms with van der Waals surface area (Å²) in [5, 5.41) is 5.83. The van der Waals surface area contributed by atoms with Crippen molar-refractivity contribution < 1.29 is 17.7 Å². The Morgan fingerprint density at radius 2 is 1.46 bits per heavy atom. The van der Waals surface area contributed by atoms with Gasteiger partial charge in [0.2, 0.25) is 0 Å². The van der Waals surface area contributed by atoms with Gasteiger partial charge in [-0.1, -0.05) is 24.3 Å². The van der Waals surface area contributed by atoms with E-state index < -0.39 is 10.8 Å². The van der Waals surface area contributed by atoms with Crippen molar-refractivity contribution in [2.75, 3.05) is 89.5 Å². The zero-order chi connectivity index (χ0) is 37.0. The Labute approximate surface area is 318 Å². The van der Waals surface area contributed by atoms with E-state index in [9.17, 15) is 4.21 Å². The zero-order valence-electron chi connectivity index (χ0n) is 30.7. The number of rotatable bonds is 10. The van der Waals surface area contributed by atoms with Gasteiger partial charge < -0.3 is 29.7 Å². The summed E-state index contributed by atoms with van der Waals surface area (Å²) < 4.78 is 49.1. The van der Waals surface area contributed by atoms with Gasteiger partial charge >= 0.3 is 0 Å². The molecule has 0 radical (unpaired) electrons. The molecule has 3 aromatic carbocycles. The van der Waals surface area contributed by atoms with Crippen LogP contribution < -0.4 is 24.9 Å². The van der Waals surface area contributed by atoms with E-state index >= 15 is 8.78 Å². The highest BCUT2D eigenvalue weighted by molar-refractivity contribution is 7.84. The van der Waals surface area contributed by atoms with Crippen LogP contribution in [0.5, 0.6) is 0 Å². The summed E-state index contributed by atoms with van der Waals surface area (Å²) >= 11 is 0. The molecule has 1 N–H and O–H groups in total. The molecule has 2 aromatic heterocycles. The second kappa shape index (κ2) is 16.3. The van der Waals surface area contributed by atoms with E-state index in [4.69, 9.17) is 9.72 Å². The minimum absolute atomic E-state index is 0.0213. The molecular weight excluding hydrogens is 705 g/mol. The highest BCUT2D eigenvalue weighted by atomic mass is 32.2. The van der Waals surface area contributed by atoms with Gasteiger partial charge in [-0.05, 0) is 90.7 Å². The first-order chi connectivity index (χ1) is 26.3. The lowest BCUT2D eigenvalue weighted by Gasteiger charge is -2.41. The van der Waals surface area contributed by atoms with Crippen molar-refractivity contribution in [2.24, 2.45) is 0 Å². The number of nitrogens with zero attached hydrogens (tertiary/aromatic N) is 6. The van der Waals surface area contributed by atoms with E-state index in [1.807, 2.05) is 42.7 Å². The summed E-state index contributed by atoms with van der Waals surface area (Å²) in [7, 11) is -1.10. The smallest absolute Gasteiger partial charge is 0.131 e.